The molecule has 0 spiro atoms. The van der Waals surface area contributed by atoms with Crippen LogP contribution in [0.2, 0.25) is 5.02 Å². The van der Waals surface area contributed by atoms with Crippen LogP contribution in [0.25, 0.3) is 11.3 Å². The molecule has 7 nitrogen and oxygen atoms in total. The average Bonchev–Trinajstić information content (AvgIpc) is 3.16. The van der Waals surface area contributed by atoms with E-state index in [4.69, 9.17) is 21.9 Å². The highest BCUT2D eigenvalue weighted by atomic mass is 35.5. The van der Waals surface area contributed by atoms with Crippen LogP contribution in [0, 0.1) is 5.92 Å². The third kappa shape index (κ3) is 4.23. The Morgan fingerprint density at radius 3 is 3.00 bits per heavy atom. The van der Waals surface area contributed by atoms with Crippen LogP contribution in [-0.4, -0.2) is 48.0 Å². The molecule has 3 rings (SSSR count). The number of benzene rings is 1. The Morgan fingerprint density at radius 1 is 1.38 bits per heavy atom. The second kappa shape index (κ2) is 8.33. The van der Waals surface area contributed by atoms with E-state index in [-0.39, 0.29) is 23.4 Å². The summed E-state index contributed by atoms with van der Waals surface area (Å²) < 4.78 is 5.30. The Hall–Kier alpha value is -2.38. The van der Waals surface area contributed by atoms with Crippen molar-refractivity contribution in [3.05, 3.63) is 41.0 Å². The van der Waals surface area contributed by atoms with Gasteiger partial charge in [0.2, 0.25) is 5.91 Å². The fourth-order valence-electron chi connectivity index (χ4n) is 3.03. The molecule has 138 valence electrons. The second-order valence-corrected chi connectivity index (χ2v) is 6.69. The van der Waals surface area contributed by atoms with Crippen LogP contribution in [0.3, 0.4) is 0 Å². The molecule has 2 heterocycles. The summed E-state index contributed by atoms with van der Waals surface area (Å²) in [6, 6.07) is 8.74. The first-order valence-electron chi connectivity index (χ1n) is 8.58. The fraction of sp³-hybridized carbons (Fsp3) is 0.389. The molecular weight excluding hydrogens is 356 g/mol. The Bertz CT molecular complexity index is 792. The lowest BCUT2D eigenvalue weighted by Crippen LogP contribution is -2.46. The number of hydrogen-bond acceptors (Lipinski definition) is 5. The molecule has 1 atom stereocenters. The maximum absolute atomic E-state index is 12.7. The van der Waals surface area contributed by atoms with E-state index in [0.29, 0.717) is 37.0 Å². The molecule has 2 amide bonds. The lowest BCUT2D eigenvalue weighted by atomic mass is 9.97. The molecule has 0 aliphatic carbocycles. The van der Waals surface area contributed by atoms with Gasteiger partial charge in [0.15, 0.2) is 11.5 Å². The normalized spacial score (nSPS) is 17.2. The van der Waals surface area contributed by atoms with Crippen LogP contribution in [0.5, 0.6) is 0 Å². The Morgan fingerprint density at radius 2 is 2.23 bits per heavy atom. The number of nitrogens with two attached hydrogens (primary N) is 1. The van der Waals surface area contributed by atoms with E-state index >= 15 is 0 Å². The van der Waals surface area contributed by atoms with Crippen molar-refractivity contribution in [1.82, 2.24) is 15.4 Å². The van der Waals surface area contributed by atoms with Crippen LogP contribution in [-0.2, 0) is 4.79 Å². The number of hydrogen-bond donors (Lipinski definition) is 2. The van der Waals surface area contributed by atoms with Gasteiger partial charge in [0, 0.05) is 42.8 Å². The van der Waals surface area contributed by atoms with Crippen LogP contribution in [0.15, 0.2) is 34.9 Å². The van der Waals surface area contributed by atoms with Crippen LogP contribution in [0.4, 0.5) is 0 Å². The summed E-state index contributed by atoms with van der Waals surface area (Å²) in [5, 5.41) is 7.25. The Balaban J connectivity index is 1.68. The van der Waals surface area contributed by atoms with Crippen LogP contribution in [0.1, 0.15) is 23.3 Å². The van der Waals surface area contributed by atoms with E-state index in [2.05, 4.69) is 10.5 Å². The van der Waals surface area contributed by atoms with Crippen molar-refractivity contribution in [2.75, 3.05) is 26.2 Å². The number of piperidine rings is 1. The van der Waals surface area contributed by atoms with Gasteiger partial charge in [-0.15, -0.1) is 0 Å². The molecule has 1 aromatic carbocycles. The number of halogens is 1. The molecule has 8 heteroatoms. The number of carbonyl (C=O) groups excluding carboxylic acids is 2. The topological polar surface area (TPSA) is 101 Å². The van der Waals surface area contributed by atoms with E-state index in [9.17, 15) is 9.59 Å². The van der Waals surface area contributed by atoms with E-state index in [1.165, 1.54) is 0 Å². The smallest absolute Gasteiger partial charge is 0.276 e. The average molecular weight is 377 g/mol. The number of nitrogens with one attached hydrogen (secondary N) is 1. The minimum Gasteiger partial charge on any atom is -0.355 e. The van der Waals surface area contributed by atoms with Gasteiger partial charge >= 0.3 is 0 Å². The van der Waals surface area contributed by atoms with Crippen LogP contribution >= 0.6 is 11.6 Å². The molecule has 1 aliphatic heterocycles. The predicted molar refractivity (Wildman–Crippen MR) is 97.6 cm³/mol. The lowest BCUT2D eigenvalue weighted by Gasteiger charge is -2.31. The minimum atomic E-state index is -0.238. The molecule has 0 radical (unpaired) electrons. The van der Waals surface area contributed by atoms with Crippen molar-refractivity contribution < 1.29 is 14.1 Å². The summed E-state index contributed by atoms with van der Waals surface area (Å²) in [5.74, 6) is -0.0466. The van der Waals surface area contributed by atoms with Gasteiger partial charge in [-0.3, -0.25) is 9.59 Å². The van der Waals surface area contributed by atoms with Gasteiger partial charge < -0.3 is 20.5 Å². The molecule has 1 aliphatic rings. The van der Waals surface area contributed by atoms with Crippen molar-refractivity contribution in [3.8, 4) is 11.3 Å². The maximum atomic E-state index is 12.7. The molecule has 1 saturated heterocycles. The molecule has 1 unspecified atom stereocenters. The quantitative estimate of drug-likeness (QED) is 0.830. The summed E-state index contributed by atoms with van der Waals surface area (Å²) >= 11 is 5.98. The first kappa shape index (κ1) is 18.4. The Kier molecular flexibility index (Phi) is 5.90. The number of amides is 2. The van der Waals surface area contributed by atoms with Crippen molar-refractivity contribution in [3.63, 3.8) is 0 Å². The summed E-state index contributed by atoms with van der Waals surface area (Å²) in [4.78, 5) is 26.5. The van der Waals surface area contributed by atoms with E-state index < -0.39 is 0 Å². The maximum Gasteiger partial charge on any atom is 0.276 e. The van der Waals surface area contributed by atoms with Crippen molar-refractivity contribution in [1.29, 1.82) is 0 Å². The van der Waals surface area contributed by atoms with E-state index in [1.807, 2.05) is 6.07 Å². The van der Waals surface area contributed by atoms with Crippen molar-refractivity contribution >= 4 is 23.4 Å². The van der Waals surface area contributed by atoms with Gasteiger partial charge in [0.1, 0.15) is 0 Å². The molecule has 0 saturated carbocycles. The molecular formula is C18H21ClN4O3. The van der Waals surface area contributed by atoms with Gasteiger partial charge in [-0.25, -0.2) is 0 Å². The molecule has 0 bridgehead atoms. The highest BCUT2D eigenvalue weighted by molar-refractivity contribution is 6.30. The largest absolute Gasteiger partial charge is 0.355 e. The summed E-state index contributed by atoms with van der Waals surface area (Å²) in [7, 11) is 0. The first-order valence-corrected chi connectivity index (χ1v) is 8.96. The summed E-state index contributed by atoms with van der Waals surface area (Å²) in [6.07, 6.45) is 1.53. The fourth-order valence-corrected chi connectivity index (χ4v) is 3.22. The molecule has 1 aromatic heterocycles. The van der Waals surface area contributed by atoms with Crippen molar-refractivity contribution in [2.45, 2.75) is 12.8 Å². The van der Waals surface area contributed by atoms with E-state index in [0.717, 1.165) is 18.4 Å². The van der Waals surface area contributed by atoms with Gasteiger partial charge in [-0.1, -0.05) is 28.9 Å². The number of rotatable bonds is 5. The zero-order chi connectivity index (χ0) is 18.5. The summed E-state index contributed by atoms with van der Waals surface area (Å²) in [5.41, 5.74) is 6.39. The van der Waals surface area contributed by atoms with E-state index in [1.54, 1.807) is 29.2 Å². The standard InChI is InChI=1S/C18H21ClN4O3/c19-14-5-1-3-12(9-14)16-10-15(22-26-16)18(25)23-8-2-4-13(11-23)17(24)21-7-6-20/h1,3,5,9-10,13H,2,4,6-8,11,20H2,(H,21,24). The number of carbonyl (C=O) groups is 2. The van der Waals surface area contributed by atoms with Gasteiger partial charge in [-0.05, 0) is 25.0 Å². The number of aromatic nitrogens is 1. The first-order chi connectivity index (χ1) is 12.6. The molecule has 1 fully saturated rings. The molecule has 3 N–H and O–H groups in total. The monoisotopic (exact) mass is 376 g/mol. The SMILES string of the molecule is NCCNC(=O)C1CCCN(C(=O)c2cc(-c3cccc(Cl)c3)on2)C1. The summed E-state index contributed by atoms with van der Waals surface area (Å²) in [6.45, 7) is 1.80. The number of nitrogens with zero attached hydrogens (tertiary/aromatic N) is 2. The van der Waals surface area contributed by atoms with Gasteiger partial charge in [0.05, 0.1) is 5.92 Å². The van der Waals surface area contributed by atoms with Crippen molar-refractivity contribution in [2.24, 2.45) is 11.7 Å². The van der Waals surface area contributed by atoms with Gasteiger partial charge in [-0.2, -0.15) is 0 Å². The molecule has 26 heavy (non-hydrogen) atoms. The number of likely N-dealkylation sites (tertiary alicyclic amines) is 1. The Labute approximate surface area is 156 Å². The molecule has 2 aromatic rings. The highest BCUT2D eigenvalue weighted by Gasteiger charge is 2.30. The third-order valence-corrected chi connectivity index (χ3v) is 4.60. The zero-order valence-corrected chi connectivity index (χ0v) is 15.0. The van der Waals surface area contributed by atoms with Gasteiger partial charge in [0.25, 0.3) is 5.91 Å². The van der Waals surface area contributed by atoms with Crippen LogP contribution < -0.4 is 11.1 Å². The predicted octanol–water partition coefficient (Wildman–Crippen LogP) is 1.92. The second-order valence-electron chi connectivity index (χ2n) is 6.26. The highest BCUT2D eigenvalue weighted by Crippen LogP contribution is 2.25. The zero-order valence-electron chi connectivity index (χ0n) is 14.3. The third-order valence-electron chi connectivity index (χ3n) is 4.36. The lowest BCUT2D eigenvalue weighted by molar-refractivity contribution is -0.126. The minimum absolute atomic E-state index is 0.0623.